The molecule has 8 heteroatoms. The van der Waals surface area contributed by atoms with Crippen molar-refractivity contribution in [2.24, 2.45) is 5.41 Å². The number of hydrogen-bond donors (Lipinski definition) is 0. The molecular formula is C18H25FN2O4S. The summed E-state index contributed by atoms with van der Waals surface area (Å²) in [5.74, 6) is 0.0160. The third kappa shape index (κ3) is 6.81. The highest BCUT2D eigenvalue weighted by Gasteiger charge is 2.34. The molecule has 0 aliphatic rings. The number of nitro benzene ring substituents is 1. The Morgan fingerprint density at radius 3 is 2.50 bits per heavy atom. The first-order chi connectivity index (χ1) is 12.0. The molecule has 0 radical (unpaired) electrons. The molecule has 0 aliphatic heterocycles. The molecule has 0 bridgehead atoms. The first kappa shape index (κ1) is 22.2. The fourth-order valence-corrected chi connectivity index (χ4v) is 4.75. The summed E-state index contributed by atoms with van der Waals surface area (Å²) in [6.07, 6.45) is 0.302. The minimum Gasteiger partial charge on any atom is -0.313 e. The molecule has 0 amide bonds. The van der Waals surface area contributed by atoms with Gasteiger partial charge in [-0.05, 0) is 17.9 Å². The topological polar surface area (TPSA) is 73.8 Å². The van der Waals surface area contributed by atoms with Crippen LogP contribution in [0.1, 0.15) is 39.7 Å². The smallest absolute Gasteiger partial charge is 0.313 e. The van der Waals surface area contributed by atoms with Crippen LogP contribution in [0.3, 0.4) is 0 Å². The van der Waals surface area contributed by atoms with Crippen LogP contribution in [0.5, 0.6) is 0 Å². The van der Waals surface area contributed by atoms with Crippen LogP contribution in [0.2, 0.25) is 0 Å². The van der Waals surface area contributed by atoms with Gasteiger partial charge in [-0.2, -0.15) is 0 Å². The molecule has 0 spiro atoms. The van der Waals surface area contributed by atoms with Gasteiger partial charge in [-0.15, -0.1) is 0 Å². The summed E-state index contributed by atoms with van der Waals surface area (Å²) in [7, 11) is -1.24. The first-order valence-electron chi connectivity index (χ1n) is 8.19. The van der Waals surface area contributed by atoms with E-state index in [1.54, 1.807) is 6.92 Å². The van der Waals surface area contributed by atoms with E-state index in [0.29, 0.717) is 12.2 Å². The van der Waals surface area contributed by atoms with Crippen molar-refractivity contribution in [3.8, 4) is 0 Å². The van der Waals surface area contributed by atoms with Crippen LogP contribution in [0.25, 0.3) is 4.85 Å². The largest absolute Gasteiger partial charge is 0.318 e. The fraction of sp³-hybridized carbons (Fsp3) is 0.611. The molecular weight excluding hydrogens is 359 g/mol. The number of nitro groups is 1. The lowest BCUT2D eigenvalue weighted by Crippen LogP contribution is -2.34. The van der Waals surface area contributed by atoms with E-state index in [1.165, 1.54) is 6.07 Å². The van der Waals surface area contributed by atoms with Crippen LogP contribution in [0, 0.1) is 27.9 Å². The molecule has 26 heavy (non-hydrogen) atoms. The maximum atomic E-state index is 14.5. The predicted molar refractivity (Wildman–Crippen MR) is 99.8 cm³/mol. The summed E-state index contributed by atoms with van der Waals surface area (Å²) >= 11 is 0. The highest BCUT2D eigenvalue weighted by molar-refractivity contribution is 7.85. The second-order valence-corrected chi connectivity index (χ2v) is 9.17. The van der Waals surface area contributed by atoms with E-state index in [2.05, 4.69) is 4.85 Å². The van der Waals surface area contributed by atoms with Gasteiger partial charge < -0.3 is 4.74 Å². The molecule has 144 valence electrons. The van der Waals surface area contributed by atoms with E-state index in [1.807, 2.05) is 20.8 Å². The third-order valence-electron chi connectivity index (χ3n) is 3.84. The van der Waals surface area contributed by atoms with Gasteiger partial charge in [-0.25, -0.2) is 11.0 Å². The van der Waals surface area contributed by atoms with Gasteiger partial charge in [-0.3, -0.25) is 19.2 Å². The van der Waals surface area contributed by atoms with Gasteiger partial charge in [0.1, 0.15) is 5.82 Å². The Bertz CT molecular complexity index is 712. The van der Waals surface area contributed by atoms with Gasteiger partial charge in [0, 0.05) is 45.4 Å². The molecule has 1 aromatic carbocycles. The molecule has 0 heterocycles. The maximum Gasteiger partial charge on any atom is 0.318 e. The maximum absolute atomic E-state index is 14.5. The Morgan fingerprint density at radius 1 is 1.31 bits per heavy atom. The van der Waals surface area contributed by atoms with Crippen LogP contribution in [-0.2, 0) is 21.0 Å². The monoisotopic (exact) mass is 384 g/mol. The van der Waals surface area contributed by atoms with Gasteiger partial charge in [0.2, 0.25) is 0 Å². The molecule has 2 atom stereocenters. The van der Waals surface area contributed by atoms with E-state index in [-0.39, 0.29) is 35.8 Å². The Labute approximate surface area is 156 Å². The zero-order chi connectivity index (χ0) is 20.0. The Morgan fingerprint density at radius 2 is 1.96 bits per heavy atom. The molecule has 1 aromatic rings. The molecule has 6 nitrogen and oxygen atoms in total. The van der Waals surface area contributed by atoms with Crippen molar-refractivity contribution in [3.63, 3.8) is 0 Å². The number of non-ortho nitro benzene ring substituents is 1. The van der Waals surface area contributed by atoms with E-state index >= 15 is 0 Å². The number of hydrogen-bond acceptors (Lipinski definition) is 4. The quantitative estimate of drug-likeness (QED) is 0.278. The van der Waals surface area contributed by atoms with Gasteiger partial charge in [0.15, 0.2) is 0 Å². The molecule has 0 fully saturated rings. The minimum absolute atomic E-state index is 0.113. The highest BCUT2D eigenvalue weighted by Crippen LogP contribution is 2.34. The summed E-state index contributed by atoms with van der Waals surface area (Å²) < 4.78 is 32.3. The molecule has 0 unspecified atom stereocenters. The second kappa shape index (κ2) is 9.19. The minimum atomic E-state index is -1.24. The normalized spacial score (nSPS) is 15.1. The van der Waals surface area contributed by atoms with Crippen molar-refractivity contribution in [3.05, 3.63) is 51.1 Å². The van der Waals surface area contributed by atoms with E-state index < -0.39 is 27.0 Å². The van der Waals surface area contributed by atoms with Gasteiger partial charge in [-0.1, -0.05) is 27.7 Å². The lowest BCUT2D eigenvalue weighted by molar-refractivity contribution is -0.385. The SMILES string of the molecule is [C-]#[N+]COCC[C@](C)(C[S@](=O)CC(C)(C)C)c1cc([N+](=O)[O-])ccc1F. The van der Waals surface area contributed by atoms with Crippen molar-refractivity contribution >= 4 is 16.5 Å². The highest BCUT2D eigenvalue weighted by atomic mass is 32.2. The van der Waals surface area contributed by atoms with Crippen LogP contribution >= 0.6 is 0 Å². The zero-order valence-corrected chi connectivity index (χ0v) is 16.4. The summed E-state index contributed by atoms with van der Waals surface area (Å²) in [6, 6.07) is 3.39. The molecule has 0 saturated carbocycles. The molecule has 0 saturated heterocycles. The summed E-state index contributed by atoms with van der Waals surface area (Å²) in [6.45, 7) is 14.4. The van der Waals surface area contributed by atoms with Crippen LogP contribution < -0.4 is 0 Å². The van der Waals surface area contributed by atoms with Crippen molar-refractivity contribution < 1.29 is 18.3 Å². The summed E-state index contributed by atoms with van der Waals surface area (Å²) in [5.41, 5.74) is -1.13. The first-order valence-corrected chi connectivity index (χ1v) is 9.68. The van der Waals surface area contributed by atoms with Crippen LogP contribution in [-0.4, -0.2) is 34.0 Å². The van der Waals surface area contributed by atoms with Crippen molar-refractivity contribution in [2.45, 2.75) is 39.5 Å². The van der Waals surface area contributed by atoms with Crippen molar-refractivity contribution in [1.82, 2.24) is 0 Å². The van der Waals surface area contributed by atoms with E-state index in [0.717, 1.165) is 12.1 Å². The number of ether oxygens (including phenoxy) is 1. The number of nitrogens with zero attached hydrogens (tertiary/aromatic N) is 2. The van der Waals surface area contributed by atoms with E-state index in [4.69, 9.17) is 11.3 Å². The van der Waals surface area contributed by atoms with Crippen molar-refractivity contribution in [2.75, 3.05) is 24.8 Å². The summed E-state index contributed by atoms with van der Waals surface area (Å²) in [4.78, 5) is 13.6. The summed E-state index contributed by atoms with van der Waals surface area (Å²) in [5, 5.41) is 11.1. The van der Waals surface area contributed by atoms with Crippen LogP contribution in [0.4, 0.5) is 10.1 Å². The van der Waals surface area contributed by atoms with Gasteiger partial charge in [0.25, 0.3) is 5.69 Å². The molecule has 0 N–H and O–H groups in total. The average molecular weight is 384 g/mol. The Hall–Kier alpha value is -1.85. The average Bonchev–Trinajstić information content (AvgIpc) is 2.49. The van der Waals surface area contributed by atoms with Gasteiger partial charge >= 0.3 is 6.73 Å². The van der Waals surface area contributed by atoms with E-state index in [9.17, 15) is 18.7 Å². The zero-order valence-electron chi connectivity index (χ0n) is 15.6. The number of halogens is 1. The molecule has 0 aromatic heterocycles. The fourth-order valence-electron chi connectivity index (χ4n) is 2.67. The predicted octanol–water partition coefficient (Wildman–Crippen LogP) is 4.07. The number of benzene rings is 1. The molecule has 0 aliphatic carbocycles. The van der Waals surface area contributed by atoms with Crippen LogP contribution in [0.15, 0.2) is 18.2 Å². The lowest BCUT2D eigenvalue weighted by Gasteiger charge is -2.31. The Kier molecular flexibility index (Phi) is 7.85. The second-order valence-electron chi connectivity index (χ2n) is 7.72. The Balaban J connectivity index is 3.19. The molecule has 1 rings (SSSR count). The third-order valence-corrected chi connectivity index (χ3v) is 5.99. The van der Waals surface area contributed by atoms with Gasteiger partial charge in [0.05, 0.1) is 11.5 Å². The van der Waals surface area contributed by atoms with Crippen molar-refractivity contribution in [1.29, 1.82) is 0 Å². The number of rotatable bonds is 9. The lowest BCUT2D eigenvalue weighted by atomic mass is 9.81. The standard InChI is InChI=1S/C18H25FN2O4S/c1-17(2,3)11-26(24)12-18(4,8-9-25-13-20-5)15-10-14(21(22)23)6-7-16(15)19/h6-7,10H,8-9,11-13H2,1-4H3/t18-,26-/m1/s1.